The van der Waals surface area contributed by atoms with Crippen molar-refractivity contribution < 1.29 is 8.42 Å². The number of nitrogens with zero attached hydrogens (tertiary/aromatic N) is 1. The number of rotatable bonds is 3. The van der Waals surface area contributed by atoms with Crippen LogP contribution in [0.15, 0.2) is 29.3 Å². The van der Waals surface area contributed by atoms with Gasteiger partial charge < -0.3 is 5.73 Å². The van der Waals surface area contributed by atoms with Gasteiger partial charge in [0.1, 0.15) is 0 Å². The number of nitrogens with one attached hydrogen (secondary N) is 1. The molecule has 112 valence electrons. The molecular weight excluding hydrogens is 286 g/mol. The quantitative estimate of drug-likeness (QED) is 0.854. The predicted molar refractivity (Wildman–Crippen MR) is 84.8 cm³/mol. The van der Waals surface area contributed by atoms with Gasteiger partial charge in [0.15, 0.2) is 0 Å². The molecule has 0 unspecified atom stereocenters. The van der Waals surface area contributed by atoms with Gasteiger partial charge in [-0.15, -0.1) is 0 Å². The Balaban J connectivity index is 2.52. The molecule has 21 heavy (non-hydrogen) atoms. The minimum atomic E-state index is -3.70. The highest BCUT2D eigenvalue weighted by Crippen LogP contribution is 2.29. The van der Waals surface area contributed by atoms with Crippen molar-refractivity contribution in [3.8, 4) is 0 Å². The molecule has 0 atom stereocenters. The van der Waals surface area contributed by atoms with Crippen LogP contribution in [0.25, 0.3) is 0 Å². The van der Waals surface area contributed by atoms with Gasteiger partial charge in [-0.05, 0) is 62.6 Å². The molecule has 6 heteroatoms. The topological polar surface area (TPSA) is 85.1 Å². The fraction of sp³-hybridized carbons (Fsp3) is 0.267. The molecule has 2 aromatic rings. The number of hydrogen-bond donors (Lipinski definition) is 2. The summed E-state index contributed by atoms with van der Waals surface area (Å²) in [5.74, 6) is 0. The maximum absolute atomic E-state index is 12.6. The van der Waals surface area contributed by atoms with Gasteiger partial charge in [0.25, 0.3) is 10.0 Å². The minimum absolute atomic E-state index is 0.237. The Labute approximate surface area is 125 Å². The van der Waals surface area contributed by atoms with Crippen molar-refractivity contribution in [2.45, 2.75) is 32.6 Å². The number of hydrogen-bond acceptors (Lipinski definition) is 4. The first kappa shape index (κ1) is 15.3. The van der Waals surface area contributed by atoms with E-state index in [1.54, 1.807) is 32.0 Å². The van der Waals surface area contributed by atoms with Crippen LogP contribution in [-0.4, -0.2) is 13.4 Å². The van der Waals surface area contributed by atoms with E-state index in [0.29, 0.717) is 22.5 Å². The summed E-state index contributed by atoms with van der Waals surface area (Å²) in [5.41, 5.74) is 9.73. The summed E-state index contributed by atoms with van der Waals surface area (Å²) in [4.78, 5) is 4.32. The first-order valence-electron chi connectivity index (χ1n) is 6.54. The molecule has 0 amide bonds. The molecule has 1 heterocycles. The van der Waals surface area contributed by atoms with E-state index in [1.807, 2.05) is 13.8 Å². The lowest BCUT2D eigenvalue weighted by atomic mass is 10.1. The molecule has 0 aliphatic rings. The van der Waals surface area contributed by atoms with Gasteiger partial charge in [0, 0.05) is 11.4 Å². The SMILES string of the molecule is Cc1ccc(NS(=O)(=O)c2c(C)c(C)cc(N)c2C)cn1. The highest BCUT2D eigenvalue weighted by molar-refractivity contribution is 7.92. The monoisotopic (exact) mass is 305 g/mol. The predicted octanol–water partition coefficient (Wildman–Crippen LogP) is 2.70. The van der Waals surface area contributed by atoms with E-state index in [0.717, 1.165) is 11.3 Å². The van der Waals surface area contributed by atoms with Gasteiger partial charge in [-0.25, -0.2) is 8.42 Å². The summed E-state index contributed by atoms with van der Waals surface area (Å²) >= 11 is 0. The molecule has 0 saturated heterocycles. The third-order valence-corrected chi connectivity index (χ3v) is 5.16. The van der Waals surface area contributed by atoms with Gasteiger partial charge in [-0.1, -0.05) is 0 Å². The van der Waals surface area contributed by atoms with Gasteiger partial charge in [-0.3, -0.25) is 9.71 Å². The Kier molecular flexibility index (Phi) is 3.91. The van der Waals surface area contributed by atoms with Crippen molar-refractivity contribution in [2.75, 3.05) is 10.5 Å². The van der Waals surface area contributed by atoms with E-state index in [-0.39, 0.29) is 4.90 Å². The van der Waals surface area contributed by atoms with E-state index in [4.69, 9.17) is 5.73 Å². The fourth-order valence-electron chi connectivity index (χ4n) is 2.18. The van der Waals surface area contributed by atoms with Crippen LogP contribution in [0.4, 0.5) is 11.4 Å². The molecule has 3 N–H and O–H groups in total. The molecule has 0 spiro atoms. The fourth-order valence-corrected chi connectivity index (χ4v) is 3.80. The largest absolute Gasteiger partial charge is 0.398 e. The molecule has 0 bridgehead atoms. The van der Waals surface area contributed by atoms with Crippen molar-refractivity contribution in [3.63, 3.8) is 0 Å². The average molecular weight is 305 g/mol. The first-order chi connectivity index (χ1) is 9.72. The zero-order valence-electron chi connectivity index (χ0n) is 12.6. The van der Waals surface area contributed by atoms with Crippen molar-refractivity contribution in [1.82, 2.24) is 4.98 Å². The van der Waals surface area contributed by atoms with Crippen molar-refractivity contribution in [2.24, 2.45) is 0 Å². The van der Waals surface area contributed by atoms with Crippen LogP contribution >= 0.6 is 0 Å². The maximum Gasteiger partial charge on any atom is 0.262 e. The van der Waals surface area contributed by atoms with E-state index >= 15 is 0 Å². The Morgan fingerprint density at radius 1 is 1.10 bits per heavy atom. The van der Waals surface area contributed by atoms with Gasteiger partial charge in [-0.2, -0.15) is 0 Å². The second kappa shape index (κ2) is 5.37. The molecule has 0 radical (unpaired) electrons. The van der Waals surface area contributed by atoms with Gasteiger partial charge in [0.05, 0.1) is 16.8 Å². The van der Waals surface area contributed by atoms with Crippen LogP contribution in [0, 0.1) is 27.7 Å². The van der Waals surface area contributed by atoms with Crippen molar-refractivity contribution in [1.29, 1.82) is 0 Å². The second-order valence-corrected chi connectivity index (χ2v) is 6.77. The van der Waals surface area contributed by atoms with Crippen molar-refractivity contribution >= 4 is 21.4 Å². The van der Waals surface area contributed by atoms with Crippen LogP contribution in [0.5, 0.6) is 0 Å². The lowest BCUT2D eigenvalue weighted by molar-refractivity contribution is 0.600. The maximum atomic E-state index is 12.6. The van der Waals surface area contributed by atoms with Crippen molar-refractivity contribution in [3.05, 3.63) is 46.8 Å². The molecular formula is C15H19N3O2S. The van der Waals surface area contributed by atoms with E-state index in [2.05, 4.69) is 9.71 Å². The molecule has 5 nitrogen and oxygen atoms in total. The molecule has 0 aliphatic heterocycles. The Hall–Kier alpha value is -2.08. The van der Waals surface area contributed by atoms with Crippen LogP contribution in [0.3, 0.4) is 0 Å². The smallest absolute Gasteiger partial charge is 0.262 e. The molecule has 1 aromatic heterocycles. The van der Waals surface area contributed by atoms with Crippen LogP contribution in [-0.2, 0) is 10.0 Å². The number of nitrogen functional groups attached to an aromatic ring is 1. The number of benzene rings is 1. The molecule has 0 fully saturated rings. The average Bonchev–Trinajstić information content (AvgIpc) is 2.39. The number of pyridine rings is 1. The lowest BCUT2D eigenvalue weighted by Gasteiger charge is -2.16. The lowest BCUT2D eigenvalue weighted by Crippen LogP contribution is -2.17. The summed E-state index contributed by atoms with van der Waals surface area (Å²) in [6, 6.07) is 5.23. The summed E-state index contributed by atoms with van der Waals surface area (Å²) in [5, 5.41) is 0. The van der Waals surface area contributed by atoms with E-state index < -0.39 is 10.0 Å². The normalized spacial score (nSPS) is 11.4. The first-order valence-corrected chi connectivity index (χ1v) is 8.02. The van der Waals surface area contributed by atoms with Gasteiger partial charge >= 0.3 is 0 Å². The van der Waals surface area contributed by atoms with Crippen LogP contribution in [0.1, 0.15) is 22.4 Å². The number of anilines is 2. The van der Waals surface area contributed by atoms with E-state index in [1.165, 1.54) is 6.20 Å². The Morgan fingerprint density at radius 2 is 1.76 bits per heavy atom. The standard InChI is InChI=1S/C15H19N3O2S/c1-9-7-14(16)12(4)15(11(9)3)21(19,20)18-13-6-5-10(2)17-8-13/h5-8,18H,16H2,1-4H3. The van der Waals surface area contributed by atoms with Gasteiger partial charge in [0.2, 0.25) is 0 Å². The number of nitrogens with two attached hydrogens (primary N) is 1. The molecule has 2 rings (SSSR count). The summed E-state index contributed by atoms with van der Waals surface area (Å²) in [7, 11) is -3.70. The molecule has 0 aliphatic carbocycles. The highest BCUT2D eigenvalue weighted by atomic mass is 32.2. The molecule has 0 saturated carbocycles. The molecule has 1 aromatic carbocycles. The third-order valence-electron chi connectivity index (χ3n) is 3.51. The zero-order valence-corrected chi connectivity index (χ0v) is 13.4. The number of aromatic nitrogens is 1. The Bertz CT molecular complexity index is 755. The second-order valence-electron chi connectivity index (χ2n) is 5.16. The Morgan fingerprint density at radius 3 is 2.33 bits per heavy atom. The van der Waals surface area contributed by atoms with Crippen LogP contribution in [0.2, 0.25) is 0 Å². The van der Waals surface area contributed by atoms with E-state index in [9.17, 15) is 8.42 Å². The summed E-state index contributed by atoms with van der Waals surface area (Å²) in [6.07, 6.45) is 1.50. The number of aryl methyl sites for hydroxylation is 2. The van der Waals surface area contributed by atoms with Crippen LogP contribution < -0.4 is 10.5 Å². The third kappa shape index (κ3) is 3.00. The zero-order chi connectivity index (χ0) is 15.8. The summed E-state index contributed by atoms with van der Waals surface area (Å²) < 4.78 is 27.8. The number of sulfonamides is 1. The highest BCUT2D eigenvalue weighted by Gasteiger charge is 2.22. The minimum Gasteiger partial charge on any atom is -0.398 e. The summed E-state index contributed by atoms with van der Waals surface area (Å²) in [6.45, 7) is 7.18.